The van der Waals surface area contributed by atoms with E-state index in [0.717, 1.165) is 60.9 Å². The van der Waals surface area contributed by atoms with E-state index in [2.05, 4.69) is 41.3 Å². The first-order valence-corrected chi connectivity index (χ1v) is 14.0. The smallest absolute Gasteiger partial charge is 0.322 e. The van der Waals surface area contributed by atoms with Crippen molar-refractivity contribution in [2.24, 2.45) is 0 Å². The van der Waals surface area contributed by atoms with Crippen LogP contribution in [0.4, 0.5) is 10.5 Å². The molecule has 4 rings (SSSR count). The number of hydrogen-bond donors (Lipinski definition) is 2. The maximum absolute atomic E-state index is 12.8. The van der Waals surface area contributed by atoms with Gasteiger partial charge in [-0.1, -0.05) is 19.6 Å². The lowest BCUT2D eigenvalue weighted by atomic mass is 10.0. The number of piperidine rings is 1. The number of nitrogens with one attached hydrogen (secondary N) is 2. The first-order chi connectivity index (χ1) is 13.4. The van der Waals surface area contributed by atoms with Gasteiger partial charge in [-0.3, -0.25) is 4.90 Å². The summed E-state index contributed by atoms with van der Waals surface area (Å²) < 4.78 is 7.98. The van der Waals surface area contributed by atoms with E-state index < -0.39 is 8.07 Å². The zero-order valence-corrected chi connectivity index (χ0v) is 18.1. The van der Waals surface area contributed by atoms with Crippen LogP contribution < -0.4 is 15.5 Å². The molecule has 0 saturated carbocycles. The molecule has 0 radical (unpaired) electrons. The zero-order chi connectivity index (χ0) is 19.7. The van der Waals surface area contributed by atoms with Crippen molar-refractivity contribution in [3.05, 3.63) is 24.0 Å². The molecule has 2 aliphatic rings. The van der Waals surface area contributed by atoms with Crippen molar-refractivity contribution >= 4 is 30.8 Å². The number of urea groups is 1. The molecule has 0 unspecified atom stereocenters. The molecule has 1 saturated heterocycles. The van der Waals surface area contributed by atoms with Crippen molar-refractivity contribution in [2.45, 2.75) is 57.8 Å². The van der Waals surface area contributed by atoms with Gasteiger partial charge >= 0.3 is 6.03 Å². The standard InChI is InChI=1S/C20H31N5O2Si/c1-28(2,3)11-10-27-14-24-9-6-17-18-15(12-22-19(17)24)13-23-20(26)25(18)16-4-7-21-8-5-16/h6,9,12,16,21H,4-5,7-8,10-11,13-14H2,1-3H3,(H,23,26). The minimum absolute atomic E-state index is 0.00559. The van der Waals surface area contributed by atoms with Gasteiger partial charge in [-0.05, 0) is 38.0 Å². The highest BCUT2D eigenvalue weighted by atomic mass is 28.3. The van der Waals surface area contributed by atoms with Crippen molar-refractivity contribution in [1.82, 2.24) is 20.2 Å². The van der Waals surface area contributed by atoms with Crippen LogP contribution in [0, 0.1) is 0 Å². The molecule has 1 fully saturated rings. The zero-order valence-electron chi connectivity index (χ0n) is 17.1. The van der Waals surface area contributed by atoms with Crippen LogP contribution in [0.5, 0.6) is 0 Å². The number of carbonyl (C=O) groups excluding carboxylic acids is 1. The Bertz CT molecular complexity index is 854. The van der Waals surface area contributed by atoms with Gasteiger partial charge in [-0.2, -0.15) is 0 Å². The van der Waals surface area contributed by atoms with Gasteiger partial charge in [0.25, 0.3) is 0 Å². The molecule has 2 N–H and O–H groups in total. The highest BCUT2D eigenvalue weighted by Crippen LogP contribution is 2.35. The second-order valence-electron chi connectivity index (χ2n) is 9.01. The Labute approximate surface area is 167 Å². The lowest BCUT2D eigenvalue weighted by Crippen LogP contribution is -2.52. The van der Waals surface area contributed by atoms with Gasteiger partial charge in [0, 0.05) is 50.6 Å². The quantitative estimate of drug-likeness (QED) is 0.576. The van der Waals surface area contributed by atoms with Crippen LogP contribution in [0.3, 0.4) is 0 Å². The van der Waals surface area contributed by atoms with Gasteiger partial charge < -0.3 is 19.9 Å². The third kappa shape index (κ3) is 3.94. The maximum Gasteiger partial charge on any atom is 0.322 e. The van der Waals surface area contributed by atoms with E-state index in [1.807, 2.05) is 21.9 Å². The number of amides is 2. The van der Waals surface area contributed by atoms with E-state index >= 15 is 0 Å². The Morgan fingerprint density at radius 3 is 2.82 bits per heavy atom. The van der Waals surface area contributed by atoms with Crippen LogP contribution >= 0.6 is 0 Å². The van der Waals surface area contributed by atoms with Crippen molar-refractivity contribution in [1.29, 1.82) is 0 Å². The summed E-state index contributed by atoms with van der Waals surface area (Å²) in [6, 6.07) is 3.46. The number of hydrogen-bond acceptors (Lipinski definition) is 4. The molecule has 0 atom stereocenters. The van der Waals surface area contributed by atoms with E-state index in [-0.39, 0.29) is 12.1 Å². The van der Waals surface area contributed by atoms with Crippen LogP contribution in [0.15, 0.2) is 18.5 Å². The molecular formula is C20H31N5O2Si. The number of carbonyl (C=O) groups is 1. The van der Waals surface area contributed by atoms with Gasteiger partial charge in [0.15, 0.2) is 0 Å². The molecule has 2 amide bonds. The second-order valence-corrected chi connectivity index (χ2v) is 14.6. The third-order valence-corrected chi connectivity index (χ3v) is 7.33. The molecule has 2 aromatic heterocycles. The molecular weight excluding hydrogens is 370 g/mol. The molecule has 0 bridgehead atoms. The fraction of sp³-hybridized carbons (Fsp3) is 0.600. The van der Waals surface area contributed by atoms with E-state index in [0.29, 0.717) is 13.3 Å². The van der Waals surface area contributed by atoms with Crippen LogP contribution in [-0.2, 0) is 18.0 Å². The molecule has 4 heterocycles. The van der Waals surface area contributed by atoms with Crippen molar-refractivity contribution in [3.63, 3.8) is 0 Å². The second kappa shape index (κ2) is 7.85. The summed E-state index contributed by atoms with van der Waals surface area (Å²) in [7, 11) is -1.09. The van der Waals surface area contributed by atoms with Gasteiger partial charge in [0.1, 0.15) is 12.4 Å². The Kier molecular flexibility index (Phi) is 5.44. The molecule has 2 aliphatic heterocycles. The average Bonchev–Trinajstić information content (AvgIpc) is 3.08. The van der Waals surface area contributed by atoms with Crippen molar-refractivity contribution in [3.8, 4) is 0 Å². The predicted octanol–water partition coefficient (Wildman–Crippen LogP) is 3.13. The molecule has 152 valence electrons. The van der Waals surface area contributed by atoms with Crippen molar-refractivity contribution in [2.75, 3.05) is 24.6 Å². The lowest BCUT2D eigenvalue weighted by Gasteiger charge is -2.38. The van der Waals surface area contributed by atoms with E-state index in [4.69, 9.17) is 4.74 Å². The Hall–Kier alpha value is -1.90. The summed E-state index contributed by atoms with van der Waals surface area (Å²) in [4.78, 5) is 19.4. The molecule has 0 aliphatic carbocycles. The number of fused-ring (bicyclic) bond motifs is 3. The minimum Gasteiger partial charge on any atom is -0.361 e. The van der Waals surface area contributed by atoms with Crippen LogP contribution in [0.1, 0.15) is 18.4 Å². The summed E-state index contributed by atoms with van der Waals surface area (Å²) in [5, 5.41) is 7.44. The number of nitrogens with zero attached hydrogens (tertiary/aromatic N) is 3. The fourth-order valence-corrected chi connectivity index (χ4v) is 4.75. The van der Waals surface area contributed by atoms with Gasteiger partial charge in [-0.25, -0.2) is 9.78 Å². The summed E-state index contributed by atoms with van der Waals surface area (Å²) >= 11 is 0. The Balaban J connectivity index is 1.60. The maximum atomic E-state index is 12.8. The van der Waals surface area contributed by atoms with E-state index in [1.165, 1.54) is 0 Å². The highest BCUT2D eigenvalue weighted by Gasteiger charge is 2.33. The summed E-state index contributed by atoms with van der Waals surface area (Å²) in [6.45, 7) is 10.8. The van der Waals surface area contributed by atoms with E-state index in [9.17, 15) is 4.79 Å². The van der Waals surface area contributed by atoms with Crippen LogP contribution in [0.25, 0.3) is 11.0 Å². The number of anilines is 1. The molecule has 7 nitrogen and oxygen atoms in total. The minimum atomic E-state index is -1.09. The topological polar surface area (TPSA) is 71.4 Å². The first kappa shape index (κ1) is 19.4. The van der Waals surface area contributed by atoms with Crippen LogP contribution in [0.2, 0.25) is 25.7 Å². The average molecular weight is 402 g/mol. The lowest BCUT2D eigenvalue weighted by molar-refractivity contribution is 0.0899. The number of pyridine rings is 1. The molecule has 8 heteroatoms. The summed E-state index contributed by atoms with van der Waals surface area (Å²) in [5.41, 5.74) is 3.00. The molecule has 28 heavy (non-hydrogen) atoms. The van der Waals surface area contributed by atoms with Crippen LogP contribution in [-0.4, -0.2) is 49.4 Å². The fourth-order valence-electron chi connectivity index (χ4n) is 4.00. The number of aromatic nitrogens is 2. The largest absolute Gasteiger partial charge is 0.361 e. The molecule has 0 spiro atoms. The Morgan fingerprint density at radius 2 is 2.07 bits per heavy atom. The highest BCUT2D eigenvalue weighted by molar-refractivity contribution is 6.76. The van der Waals surface area contributed by atoms with Crippen molar-refractivity contribution < 1.29 is 9.53 Å². The van der Waals surface area contributed by atoms with E-state index in [1.54, 1.807) is 0 Å². The first-order valence-electron chi connectivity index (χ1n) is 10.3. The van der Waals surface area contributed by atoms with Gasteiger partial charge in [-0.15, -0.1) is 0 Å². The summed E-state index contributed by atoms with van der Waals surface area (Å²) in [5.74, 6) is 0. The van der Waals surface area contributed by atoms with Gasteiger partial charge in [0.2, 0.25) is 0 Å². The summed E-state index contributed by atoms with van der Waals surface area (Å²) in [6.07, 6.45) is 5.87. The normalized spacial score (nSPS) is 18.4. The van der Waals surface area contributed by atoms with Gasteiger partial charge in [0.05, 0.1) is 5.69 Å². The SMILES string of the molecule is C[Si](C)(C)CCOCn1ccc2c3c(cnc21)CNC(=O)N3C1CCNCC1. The molecule has 0 aromatic carbocycles. The predicted molar refractivity (Wildman–Crippen MR) is 114 cm³/mol. The third-order valence-electron chi connectivity index (χ3n) is 5.63. The Morgan fingerprint density at radius 1 is 1.29 bits per heavy atom. The number of rotatable bonds is 6. The molecule has 2 aromatic rings. The monoisotopic (exact) mass is 401 g/mol. The number of ether oxygens (including phenoxy) is 1.